The lowest BCUT2D eigenvalue weighted by atomic mass is 10.00. The molecule has 36 heavy (non-hydrogen) atoms. The molecule has 1 aliphatic heterocycles. The van der Waals surface area contributed by atoms with E-state index in [1.807, 2.05) is 31.2 Å². The topological polar surface area (TPSA) is 111 Å². The predicted molar refractivity (Wildman–Crippen MR) is 137 cm³/mol. The summed E-state index contributed by atoms with van der Waals surface area (Å²) in [7, 11) is 0. The first-order chi connectivity index (χ1) is 17.4. The molecule has 1 aromatic heterocycles. The number of anilines is 1. The third-order valence-corrected chi connectivity index (χ3v) is 6.21. The number of aromatic nitrogens is 1. The third-order valence-electron chi connectivity index (χ3n) is 5.63. The Morgan fingerprint density at radius 3 is 2.75 bits per heavy atom. The molecular formula is C25H24Cl2N6O3. The normalized spacial score (nSPS) is 19.4. The molecule has 2 atom stereocenters. The van der Waals surface area contributed by atoms with E-state index in [4.69, 9.17) is 33.2 Å². The van der Waals surface area contributed by atoms with Gasteiger partial charge in [0, 0.05) is 36.1 Å². The first kappa shape index (κ1) is 25.4. The lowest BCUT2D eigenvalue weighted by molar-refractivity contribution is 0.105. The number of halogens is 2. The highest BCUT2D eigenvalue weighted by Gasteiger charge is 2.38. The van der Waals surface area contributed by atoms with Crippen LogP contribution >= 0.6 is 23.2 Å². The lowest BCUT2D eigenvalue weighted by Gasteiger charge is -2.42. The number of allylic oxidation sites excluding steroid dienone is 3. The summed E-state index contributed by atoms with van der Waals surface area (Å²) in [6.45, 7) is 2.61. The van der Waals surface area contributed by atoms with Gasteiger partial charge in [-0.15, -0.1) is 0 Å². The molecule has 4 rings (SSSR count). The van der Waals surface area contributed by atoms with Crippen molar-refractivity contribution in [1.82, 2.24) is 20.1 Å². The van der Waals surface area contributed by atoms with Crippen molar-refractivity contribution in [2.45, 2.75) is 26.1 Å². The summed E-state index contributed by atoms with van der Waals surface area (Å²) in [6, 6.07) is 9.35. The van der Waals surface area contributed by atoms with E-state index >= 15 is 0 Å². The van der Waals surface area contributed by atoms with E-state index < -0.39 is 12.3 Å². The van der Waals surface area contributed by atoms with Crippen molar-refractivity contribution in [1.29, 1.82) is 5.26 Å². The fourth-order valence-electron chi connectivity index (χ4n) is 3.82. The lowest BCUT2D eigenvalue weighted by Crippen LogP contribution is -2.67. The van der Waals surface area contributed by atoms with Gasteiger partial charge < -0.3 is 10.1 Å². The highest BCUT2D eigenvalue weighted by molar-refractivity contribution is 6.32. The van der Waals surface area contributed by atoms with Crippen LogP contribution in [-0.4, -0.2) is 46.2 Å². The Labute approximate surface area is 218 Å². The Morgan fingerprint density at radius 1 is 1.28 bits per heavy atom. The van der Waals surface area contributed by atoms with E-state index in [0.717, 1.165) is 0 Å². The Bertz CT molecular complexity index is 1240. The maximum absolute atomic E-state index is 13.2. The van der Waals surface area contributed by atoms with Gasteiger partial charge in [0.15, 0.2) is 6.29 Å². The average Bonchev–Trinajstić information content (AvgIpc) is 2.87. The van der Waals surface area contributed by atoms with E-state index in [1.165, 1.54) is 11.1 Å². The molecule has 186 valence electrons. The molecule has 1 fully saturated rings. The summed E-state index contributed by atoms with van der Waals surface area (Å²) >= 11 is 12.5. The molecule has 2 unspecified atom stereocenters. The molecule has 4 amide bonds. The standard InChI is InChI=1S/C25H24Cl2N6O3/c1-2-11-32-24(34)31-23(33(25(32)35)15-16-3-6-18(26)7-4-16)30-19-8-9-21(20(27)12-19)36-22-10-5-17(13-28)14-29-22/h3,5-10,12,14,16,23,30H,2,4,11,15H2,1H3,(H,31,34). The number of nitrogens with zero attached hydrogens (tertiary/aromatic N) is 4. The maximum Gasteiger partial charge on any atom is 0.331 e. The van der Waals surface area contributed by atoms with Crippen molar-refractivity contribution in [2.75, 3.05) is 18.4 Å². The highest BCUT2D eigenvalue weighted by atomic mass is 35.5. The maximum atomic E-state index is 13.2. The molecule has 2 aromatic rings. The van der Waals surface area contributed by atoms with Gasteiger partial charge in [-0.05, 0) is 49.1 Å². The Balaban J connectivity index is 1.50. The summed E-state index contributed by atoms with van der Waals surface area (Å²) in [4.78, 5) is 32.8. The zero-order valence-corrected chi connectivity index (χ0v) is 21.0. The zero-order valence-electron chi connectivity index (χ0n) is 19.4. The van der Waals surface area contributed by atoms with E-state index in [-0.39, 0.29) is 11.9 Å². The molecule has 9 nitrogen and oxygen atoms in total. The number of benzene rings is 1. The molecule has 1 aromatic carbocycles. The molecule has 1 aliphatic carbocycles. The van der Waals surface area contributed by atoms with E-state index in [2.05, 4.69) is 15.6 Å². The predicted octanol–water partition coefficient (Wildman–Crippen LogP) is 5.65. The molecular weight excluding hydrogens is 503 g/mol. The van der Waals surface area contributed by atoms with Gasteiger partial charge in [0.1, 0.15) is 11.8 Å². The minimum Gasteiger partial charge on any atom is -0.437 e. The number of nitrogens with one attached hydrogen (secondary N) is 2. The summed E-state index contributed by atoms with van der Waals surface area (Å²) in [5.74, 6) is 0.710. The van der Waals surface area contributed by atoms with Crippen LogP contribution in [-0.2, 0) is 0 Å². The number of amides is 4. The number of pyridine rings is 1. The smallest absolute Gasteiger partial charge is 0.331 e. The second-order valence-electron chi connectivity index (χ2n) is 8.27. The Hall–Kier alpha value is -3.74. The number of carbonyl (C=O) groups is 2. The van der Waals surface area contributed by atoms with Gasteiger partial charge in [0.25, 0.3) is 0 Å². The molecule has 0 saturated carbocycles. The molecule has 2 aliphatic rings. The number of nitriles is 1. The number of carbonyl (C=O) groups excluding carboxylic acids is 2. The summed E-state index contributed by atoms with van der Waals surface area (Å²) in [5.41, 5.74) is 0.997. The number of ether oxygens (including phenoxy) is 1. The van der Waals surface area contributed by atoms with Crippen LogP contribution in [0.25, 0.3) is 0 Å². The number of hydrogen-bond donors (Lipinski definition) is 2. The van der Waals surface area contributed by atoms with Crippen LogP contribution in [0.4, 0.5) is 15.3 Å². The van der Waals surface area contributed by atoms with Crippen molar-refractivity contribution < 1.29 is 14.3 Å². The third kappa shape index (κ3) is 5.90. The van der Waals surface area contributed by atoms with Crippen molar-refractivity contribution in [3.8, 4) is 17.7 Å². The van der Waals surface area contributed by atoms with Gasteiger partial charge in [-0.1, -0.05) is 42.3 Å². The van der Waals surface area contributed by atoms with Crippen LogP contribution in [0.5, 0.6) is 11.6 Å². The number of rotatable bonds is 8. The van der Waals surface area contributed by atoms with E-state index in [0.29, 0.717) is 58.9 Å². The van der Waals surface area contributed by atoms with Crippen LogP contribution in [0.3, 0.4) is 0 Å². The highest BCUT2D eigenvalue weighted by Crippen LogP contribution is 2.32. The first-order valence-electron chi connectivity index (χ1n) is 11.4. The van der Waals surface area contributed by atoms with Gasteiger partial charge in [-0.25, -0.2) is 19.5 Å². The number of urea groups is 2. The molecule has 0 radical (unpaired) electrons. The molecule has 11 heteroatoms. The second kappa shape index (κ2) is 11.3. The number of hydrogen-bond acceptors (Lipinski definition) is 6. The minimum absolute atomic E-state index is 0.0542. The molecule has 2 N–H and O–H groups in total. The van der Waals surface area contributed by atoms with E-state index in [9.17, 15) is 9.59 Å². The van der Waals surface area contributed by atoms with Crippen molar-refractivity contribution in [2.24, 2.45) is 5.92 Å². The van der Waals surface area contributed by atoms with Crippen molar-refractivity contribution in [3.05, 3.63) is 70.4 Å². The Kier molecular flexibility index (Phi) is 7.98. The largest absolute Gasteiger partial charge is 0.437 e. The molecule has 1 saturated heterocycles. The molecule has 0 bridgehead atoms. The first-order valence-corrected chi connectivity index (χ1v) is 12.2. The van der Waals surface area contributed by atoms with E-state index in [1.54, 1.807) is 35.2 Å². The Morgan fingerprint density at radius 2 is 2.11 bits per heavy atom. The van der Waals surface area contributed by atoms with Crippen LogP contribution in [0.2, 0.25) is 5.02 Å². The van der Waals surface area contributed by atoms with Crippen LogP contribution in [0, 0.1) is 17.2 Å². The summed E-state index contributed by atoms with van der Waals surface area (Å²) < 4.78 is 5.71. The molecule has 0 spiro atoms. The summed E-state index contributed by atoms with van der Waals surface area (Å²) in [6.07, 6.45) is 7.66. The zero-order chi connectivity index (χ0) is 25.7. The minimum atomic E-state index is -0.782. The monoisotopic (exact) mass is 526 g/mol. The van der Waals surface area contributed by atoms with Gasteiger partial charge in [-0.2, -0.15) is 5.26 Å². The van der Waals surface area contributed by atoms with Gasteiger partial charge in [0.2, 0.25) is 5.88 Å². The number of imide groups is 1. The SMILES string of the molecule is CCCN1C(=O)NC(Nc2ccc(Oc3ccc(C#N)cn3)c(Cl)c2)N(CC2C=CC(Cl)=CC2)C1=O. The van der Waals surface area contributed by atoms with Crippen LogP contribution < -0.4 is 15.4 Å². The van der Waals surface area contributed by atoms with Crippen LogP contribution in [0.1, 0.15) is 25.3 Å². The van der Waals surface area contributed by atoms with Gasteiger partial charge >= 0.3 is 12.1 Å². The van der Waals surface area contributed by atoms with Crippen molar-refractivity contribution in [3.63, 3.8) is 0 Å². The fourth-order valence-corrected chi connectivity index (χ4v) is 4.20. The summed E-state index contributed by atoms with van der Waals surface area (Å²) in [5, 5.41) is 15.9. The van der Waals surface area contributed by atoms with Gasteiger partial charge in [0.05, 0.1) is 10.6 Å². The van der Waals surface area contributed by atoms with Crippen LogP contribution in [0.15, 0.2) is 59.8 Å². The van der Waals surface area contributed by atoms with Gasteiger partial charge in [-0.3, -0.25) is 10.2 Å². The fraction of sp³-hybridized carbons (Fsp3) is 0.280. The van der Waals surface area contributed by atoms with Crippen molar-refractivity contribution >= 4 is 41.0 Å². The quantitative estimate of drug-likeness (QED) is 0.459. The molecule has 2 heterocycles. The second-order valence-corrected chi connectivity index (χ2v) is 9.11. The average molecular weight is 527 g/mol.